The van der Waals surface area contributed by atoms with Gasteiger partial charge in [-0.25, -0.2) is 0 Å². The monoisotopic (exact) mass is 309 g/mol. The molecule has 0 radical (unpaired) electrons. The van der Waals surface area contributed by atoms with Gasteiger partial charge in [-0.2, -0.15) is 0 Å². The molecule has 0 aliphatic heterocycles. The van der Waals surface area contributed by atoms with Crippen molar-refractivity contribution in [3.05, 3.63) is 77.9 Å². The molecule has 0 N–H and O–H groups in total. The van der Waals surface area contributed by atoms with Crippen LogP contribution in [0, 0.1) is 0 Å². The average Bonchev–Trinajstić information content (AvgIpc) is 2.57. The lowest BCUT2D eigenvalue weighted by atomic mass is 10.1. The summed E-state index contributed by atoms with van der Waals surface area (Å²) >= 11 is 0. The fraction of sp³-hybridized carbons (Fsp3) is 0.250. The number of carbonyl (C=O) groups is 1. The van der Waals surface area contributed by atoms with Crippen molar-refractivity contribution in [3.8, 4) is 0 Å². The number of ether oxygens (including phenoxy) is 1. The Kier molecular flexibility index (Phi) is 6.57. The maximum Gasteiger partial charge on any atom is 0.327 e. The maximum atomic E-state index is 12.3. The molecule has 0 aliphatic rings. The van der Waals surface area contributed by atoms with Crippen molar-refractivity contribution in [1.29, 1.82) is 0 Å². The van der Waals surface area contributed by atoms with Crippen LogP contribution in [0.3, 0.4) is 0 Å². The summed E-state index contributed by atoms with van der Waals surface area (Å²) in [6.45, 7) is 2.89. The normalized spacial score (nSPS) is 12.5. The van der Waals surface area contributed by atoms with Crippen LogP contribution in [0.15, 0.2) is 66.7 Å². The molecule has 3 heteroatoms. The number of rotatable bonds is 7. The molecule has 0 bridgehead atoms. The van der Waals surface area contributed by atoms with Crippen LogP contribution in [0.25, 0.3) is 6.08 Å². The molecule has 0 spiro atoms. The molecule has 0 fully saturated rings. The summed E-state index contributed by atoms with van der Waals surface area (Å²) in [6.07, 6.45) is 3.86. The first kappa shape index (κ1) is 17.0. The van der Waals surface area contributed by atoms with Gasteiger partial charge in [0, 0.05) is 6.54 Å². The predicted molar refractivity (Wildman–Crippen MR) is 93.8 cm³/mol. The molecule has 23 heavy (non-hydrogen) atoms. The van der Waals surface area contributed by atoms with E-state index in [-0.39, 0.29) is 5.97 Å². The largest absolute Gasteiger partial charge is 0.465 e. The molecule has 3 nitrogen and oxygen atoms in total. The Balaban J connectivity index is 2.13. The van der Waals surface area contributed by atoms with Gasteiger partial charge in [0.2, 0.25) is 0 Å². The van der Waals surface area contributed by atoms with E-state index in [1.807, 2.05) is 79.6 Å². The van der Waals surface area contributed by atoms with Crippen molar-refractivity contribution >= 4 is 12.0 Å². The topological polar surface area (TPSA) is 29.5 Å². The number of likely N-dealkylation sites (N-methyl/N-ethyl adjacent to an activating group) is 1. The van der Waals surface area contributed by atoms with E-state index in [0.717, 1.165) is 11.1 Å². The first-order valence-corrected chi connectivity index (χ1v) is 7.84. The van der Waals surface area contributed by atoms with Gasteiger partial charge in [-0.1, -0.05) is 72.8 Å². The second-order valence-electron chi connectivity index (χ2n) is 5.37. The van der Waals surface area contributed by atoms with Gasteiger partial charge >= 0.3 is 5.97 Å². The summed E-state index contributed by atoms with van der Waals surface area (Å²) in [5.41, 5.74) is 2.23. The minimum Gasteiger partial charge on any atom is -0.465 e. The number of nitrogens with zero attached hydrogens (tertiary/aromatic N) is 1. The lowest BCUT2D eigenvalue weighted by Gasteiger charge is -2.24. The Morgan fingerprint density at radius 2 is 1.70 bits per heavy atom. The van der Waals surface area contributed by atoms with Crippen molar-refractivity contribution < 1.29 is 9.53 Å². The second-order valence-corrected chi connectivity index (χ2v) is 5.37. The van der Waals surface area contributed by atoms with Crippen LogP contribution in [0.2, 0.25) is 0 Å². The van der Waals surface area contributed by atoms with E-state index in [1.165, 1.54) is 0 Å². The quantitative estimate of drug-likeness (QED) is 0.729. The van der Waals surface area contributed by atoms with Gasteiger partial charge in [-0.05, 0) is 25.1 Å². The molecule has 0 heterocycles. The van der Waals surface area contributed by atoms with Gasteiger partial charge in [-0.15, -0.1) is 0 Å². The molecule has 0 saturated heterocycles. The zero-order valence-electron chi connectivity index (χ0n) is 13.7. The highest BCUT2D eigenvalue weighted by atomic mass is 16.5. The Labute approximate surface area is 138 Å². The number of hydrogen-bond acceptors (Lipinski definition) is 3. The number of carbonyl (C=O) groups excluding carboxylic acids is 1. The minimum absolute atomic E-state index is 0.224. The van der Waals surface area contributed by atoms with E-state index >= 15 is 0 Å². The van der Waals surface area contributed by atoms with Crippen molar-refractivity contribution in [2.75, 3.05) is 13.7 Å². The molecule has 0 saturated carbocycles. The molecule has 2 aromatic carbocycles. The van der Waals surface area contributed by atoms with Crippen LogP contribution < -0.4 is 0 Å². The SMILES string of the molecule is CCOC(=O)C(/C=C/c1ccccc1)N(C)Cc1ccccc1. The van der Waals surface area contributed by atoms with Crippen molar-refractivity contribution in [2.45, 2.75) is 19.5 Å². The molecule has 0 aromatic heterocycles. The fourth-order valence-electron chi connectivity index (χ4n) is 2.37. The van der Waals surface area contributed by atoms with Crippen molar-refractivity contribution in [3.63, 3.8) is 0 Å². The van der Waals surface area contributed by atoms with Crippen LogP contribution in [0.4, 0.5) is 0 Å². The Hall–Kier alpha value is -2.39. The van der Waals surface area contributed by atoms with E-state index in [4.69, 9.17) is 4.74 Å². The van der Waals surface area contributed by atoms with E-state index in [9.17, 15) is 4.79 Å². The van der Waals surface area contributed by atoms with E-state index in [0.29, 0.717) is 13.2 Å². The number of benzene rings is 2. The molecule has 120 valence electrons. The highest BCUT2D eigenvalue weighted by Gasteiger charge is 2.21. The smallest absolute Gasteiger partial charge is 0.327 e. The summed E-state index contributed by atoms with van der Waals surface area (Å²) in [7, 11) is 1.93. The Morgan fingerprint density at radius 3 is 2.30 bits per heavy atom. The summed E-state index contributed by atoms with van der Waals surface area (Å²) in [6, 6.07) is 19.6. The van der Waals surface area contributed by atoms with Gasteiger partial charge in [-0.3, -0.25) is 9.69 Å². The number of hydrogen-bond donors (Lipinski definition) is 0. The maximum absolute atomic E-state index is 12.3. The molecular weight excluding hydrogens is 286 g/mol. The minimum atomic E-state index is -0.407. The molecule has 1 atom stereocenters. The molecular formula is C20H23NO2. The first-order valence-electron chi connectivity index (χ1n) is 7.84. The highest BCUT2D eigenvalue weighted by Crippen LogP contribution is 2.11. The molecule has 1 unspecified atom stereocenters. The molecule has 0 amide bonds. The van der Waals surface area contributed by atoms with E-state index in [2.05, 4.69) is 12.1 Å². The predicted octanol–water partition coefficient (Wildman–Crippen LogP) is 3.76. The third kappa shape index (κ3) is 5.38. The zero-order chi connectivity index (χ0) is 16.5. The van der Waals surface area contributed by atoms with E-state index in [1.54, 1.807) is 0 Å². The Bertz CT molecular complexity index is 623. The van der Waals surface area contributed by atoms with E-state index < -0.39 is 6.04 Å². The molecule has 0 aliphatic carbocycles. The molecule has 2 rings (SSSR count). The highest BCUT2D eigenvalue weighted by molar-refractivity contribution is 5.79. The average molecular weight is 309 g/mol. The standard InChI is InChI=1S/C20H23NO2/c1-3-23-20(22)19(15-14-17-10-6-4-7-11-17)21(2)16-18-12-8-5-9-13-18/h4-15,19H,3,16H2,1-2H3/b15-14+. The lowest BCUT2D eigenvalue weighted by molar-refractivity contribution is -0.147. The summed E-state index contributed by atoms with van der Waals surface area (Å²) < 4.78 is 5.22. The summed E-state index contributed by atoms with van der Waals surface area (Å²) in [5, 5.41) is 0. The summed E-state index contributed by atoms with van der Waals surface area (Å²) in [4.78, 5) is 14.3. The molecule has 2 aromatic rings. The van der Waals surface area contributed by atoms with Gasteiger partial charge in [0.25, 0.3) is 0 Å². The lowest BCUT2D eigenvalue weighted by Crippen LogP contribution is -2.37. The van der Waals surface area contributed by atoms with Gasteiger partial charge < -0.3 is 4.74 Å². The third-order valence-corrected chi connectivity index (χ3v) is 3.55. The van der Waals surface area contributed by atoms with Gasteiger partial charge in [0.05, 0.1) is 6.61 Å². The third-order valence-electron chi connectivity index (χ3n) is 3.55. The van der Waals surface area contributed by atoms with Crippen molar-refractivity contribution in [2.24, 2.45) is 0 Å². The number of esters is 1. The van der Waals surface area contributed by atoms with Crippen molar-refractivity contribution in [1.82, 2.24) is 4.90 Å². The zero-order valence-corrected chi connectivity index (χ0v) is 13.7. The van der Waals surface area contributed by atoms with Crippen LogP contribution in [0.5, 0.6) is 0 Å². The van der Waals surface area contributed by atoms with Crippen LogP contribution in [-0.4, -0.2) is 30.6 Å². The summed E-state index contributed by atoms with van der Waals surface area (Å²) in [5.74, 6) is -0.224. The fourth-order valence-corrected chi connectivity index (χ4v) is 2.37. The first-order chi connectivity index (χ1) is 11.2. The van der Waals surface area contributed by atoms with Crippen LogP contribution in [-0.2, 0) is 16.1 Å². The van der Waals surface area contributed by atoms with Gasteiger partial charge in [0.15, 0.2) is 0 Å². The van der Waals surface area contributed by atoms with Gasteiger partial charge in [0.1, 0.15) is 6.04 Å². The second kappa shape index (κ2) is 8.91. The van der Waals surface area contributed by atoms with Crippen LogP contribution in [0.1, 0.15) is 18.1 Å². The Morgan fingerprint density at radius 1 is 1.09 bits per heavy atom. The van der Waals surface area contributed by atoms with Crippen LogP contribution >= 0.6 is 0 Å².